The Bertz CT molecular complexity index is 171. The first-order valence-corrected chi connectivity index (χ1v) is 5.71. The van der Waals surface area contributed by atoms with E-state index in [1.165, 1.54) is 0 Å². The SMILES string of the molecule is CCC(C)NCCC(=O)NCCN(C)C. The molecule has 2 N–H and O–H groups in total. The van der Waals surface area contributed by atoms with E-state index in [1.807, 2.05) is 14.1 Å². The first kappa shape index (κ1) is 14.4. The van der Waals surface area contributed by atoms with Crippen LogP contribution in [0.15, 0.2) is 0 Å². The topological polar surface area (TPSA) is 44.4 Å². The third-order valence-electron chi connectivity index (χ3n) is 2.34. The highest BCUT2D eigenvalue weighted by molar-refractivity contribution is 5.76. The lowest BCUT2D eigenvalue weighted by Crippen LogP contribution is -2.34. The molecule has 4 nitrogen and oxygen atoms in total. The molecule has 0 radical (unpaired) electrons. The number of hydrogen-bond donors (Lipinski definition) is 2. The Hall–Kier alpha value is -0.610. The molecule has 15 heavy (non-hydrogen) atoms. The number of nitrogens with one attached hydrogen (secondary N) is 2. The summed E-state index contributed by atoms with van der Waals surface area (Å²) in [4.78, 5) is 13.4. The standard InChI is InChI=1S/C11H25N3O/c1-5-10(2)12-7-6-11(15)13-8-9-14(3)4/h10,12H,5-9H2,1-4H3,(H,13,15). The molecule has 0 aromatic heterocycles. The second kappa shape index (κ2) is 8.68. The van der Waals surface area contributed by atoms with Crippen LogP contribution in [0.4, 0.5) is 0 Å². The van der Waals surface area contributed by atoms with Gasteiger partial charge in [-0.15, -0.1) is 0 Å². The molecule has 1 amide bonds. The molecule has 0 aromatic rings. The zero-order chi connectivity index (χ0) is 11.7. The average molecular weight is 215 g/mol. The maximum atomic E-state index is 11.3. The predicted molar refractivity (Wildman–Crippen MR) is 63.9 cm³/mol. The Morgan fingerprint density at radius 3 is 2.53 bits per heavy atom. The van der Waals surface area contributed by atoms with E-state index in [1.54, 1.807) is 0 Å². The van der Waals surface area contributed by atoms with Gasteiger partial charge in [-0.3, -0.25) is 4.79 Å². The predicted octanol–water partition coefficient (Wildman–Crippen LogP) is 0.442. The molecule has 0 aromatic carbocycles. The normalized spacial score (nSPS) is 12.9. The van der Waals surface area contributed by atoms with Crippen molar-refractivity contribution in [2.24, 2.45) is 0 Å². The summed E-state index contributed by atoms with van der Waals surface area (Å²) >= 11 is 0. The van der Waals surface area contributed by atoms with Gasteiger partial charge in [-0.25, -0.2) is 0 Å². The maximum Gasteiger partial charge on any atom is 0.221 e. The van der Waals surface area contributed by atoms with Crippen molar-refractivity contribution in [1.29, 1.82) is 0 Å². The average Bonchev–Trinajstić information content (AvgIpc) is 2.17. The third-order valence-corrected chi connectivity index (χ3v) is 2.34. The lowest BCUT2D eigenvalue weighted by atomic mass is 10.2. The third kappa shape index (κ3) is 9.69. The lowest BCUT2D eigenvalue weighted by Gasteiger charge is -2.12. The van der Waals surface area contributed by atoms with E-state index in [0.717, 1.165) is 26.1 Å². The van der Waals surface area contributed by atoms with Gasteiger partial charge >= 0.3 is 0 Å². The molecule has 0 saturated carbocycles. The maximum absolute atomic E-state index is 11.3. The van der Waals surface area contributed by atoms with Crippen molar-refractivity contribution in [2.75, 3.05) is 33.7 Å². The van der Waals surface area contributed by atoms with Gasteiger partial charge < -0.3 is 15.5 Å². The van der Waals surface area contributed by atoms with Crippen molar-refractivity contribution in [2.45, 2.75) is 32.7 Å². The molecule has 0 aliphatic carbocycles. The van der Waals surface area contributed by atoms with Gasteiger partial charge in [-0.1, -0.05) is 6.92 Å². The Labute approximate surface area is 93.4 Å². The number of likely N-dealkylation sites (N-methyl/N-ethyl adjacent to an activating group) is 1. The summed E-state index contributed by atoms with van der Waals surface area (Å²) in [6.07, 6.45) is 1.67. The first-order valence-electron chi connectivity index (χ1n) is 5.71. The van der Waals surface area contributed by atoms with E-state index in [0.29, 0.717) is 12.5 Å². The molecule has 0 bridgehead atoms. The smallest absolute Gasteiger partial charge is 0.221 e. The molecule has 1 unspecified atom stereocenters. The van der Waals surface area contributed by atoms with E-state index in [9.17, 15) is 4.79 Å². The van der Waals surface area contributed by atoms with Gasteiger partial charge in [0.15, 0.2) is 0 Å². The molecule has 0 saturated heterocycles. The molecule has 0 heterocycles. The van der Waals surface area contributed by atoms with Crippen molar-refractivity contribution < 1.29 is 4.79 Å². The van der Waals surface area contributed by atoms with Crippen molar-refractivity contribution in [3.8, 4) is 0 Å². The summed E-state index contributed by atoms with van der Waals surface area (Å²) in [7, 11) is 3.99. The van der Waals surface area contributed by atoms with Crippen molar-refractivity contribution in [3.05, 3.63) is 0 Å². The highest BCUT2D eigenvalue weighted by Crippen LogP contribution is 1.87. The summed E-state index contributed by atoms with van der Waals surface area (Å²) in [6, 6.07) is 0.500. The van der Waals surface area contributed by atoms with Gasteiger partial charge in [0.05, 0.1) is 0 Å². The number of hydrogen-bond acceptors (Lipinski definition) is 3. The van der Waals surface area contributed by atoms with Gasteiger partial charge in [0.25, 0.3) is 0 Å². The molecule has 0 aliphatic rings. The number of carbonyl (C=O) groups excluding carboxylic acids is 1. The summed E-state index contributed by atoms with van der Waals surface area (Å²) < 4.78 is 0. The summed E-state index contributed by atoms with van der Waals surface area (Å²) in [5, 5.41) is 6.18. The molecule has 0 fully saturated rings. The van der Waals surface area contributed by atoms with Crippen LogP contribution in [0.3, 0.4) is 0 Å². The molecule has 0 rings (SSSR count). The Kier molecular flexibility index (Phi) is 8.33. The van der Waals surface area contributed by atoms with Gasteiger partial charge in [-0.05, 0) is 27.4 Å². The van der Waals surface area contributed by atoms with Crippen LogP contribution < -0.4 is 10.6 Å². The van der Waals surface area contributed by atoms with Crippen LogP contribution in [0, 0.1) is 0 Å². The van der Waals surface area contributed by atoms with Gasteiger partial charge in [0.2, 0.25) is 5.91 Å². The number of amides is 1. The highest BCUT2D eigenvalue weighted by atomic mass is 16.1. The quantitative estimate of drug-likeness (QED) is 0.617. The van der Waals surface area contributed by atoms with Crippen LogP contribution in [0.1, 0.15) is 26.7 Å². The van der Waals surface area contributed by atoms with Crippen molar-refractivity contribution in [3.63, 3.8) is 0 Å². The van der Waals surface area contributed by atoms with E-state index >= 15 is 0 Å². The first-order chi connectivity index (χ1) is 7.06. The minimum Gasteiger partial charge on any atom is -0.355 e. The Balaban J connectivity index is 3.33. The Morgan fingerprint density at radius 2 is 2.00 bits per heavy atom. The molecule has 1 atom stereocenters. The second-order valence-electron chi connectivity index (χ2n) is 4.17. The molecule has 0 spiro atoms. The Morgan fingerprint density at radius 1 is 1.33 bits per heavy atom. The van der Waals surface area contributed by atoms with Gasteiger partial charge in [-0.2, -0.15) is 0 Å². The van der Waals surface area contributed by atoms with Crippen LogP contribution in [0.25, 0.3) is 0 Å². The molecular formula is C11H25N3O. The number of carbonyl (C=O) groups is 1. The van der Waals surface area contributed by atoms with Crippen LogP contribution in [0.2, 0.25) is 0 Å². The molecule has 4 heteroatoms. The van der Waals surface area contributed by atoms with Crippen LogP contribution in [0.5, 0.6) is 0 Å². The van der Waals surface area contributed by atoms with Crippen molar-refractivity contribution >= 4 is 5.91 Å². The van der Waals surface area contributed by atoms with Crippen LogP contribution in [-0.2, 0) is 4.79 Å². The van der Waals surface area contributed by atoms with E-state index in [2.05, 4.69) is 29.4 Å². The van der Waals surface area contributed by atoms with E-state index in [4.69, 9.17) is 0 Å². The fourth-order valence-electron chi connectivity index (χ4n) is 1.08. The van der Waals surface area contributed by atoms with Gasteiger partial charge in [0, 0.05) is 32.1 Å². The monoisotopic (exact) mass is 215 g/mol. The minimum atomic E-state index is 0.132. The summed E-state index contributed by atoms with van der Waals surface area (Å²) in [5.41, 5.74) is 0. The minimum absolute atomic E-state index is 0.132. The largest absolute Gasteiger partial charge is 0.355 e. The lowest BCUT2D eigenvalue weighted by molar-refractivity contribution is -0.121. The summed E-state index contributed by atoms with van der Waals surface area (Å²) in [6.45, 7) is 6.65. The van der Waals surface area contributed by atoms with Crippen LogP contribution >= 0.6 is 0 Å². The zero-order valence-corrected chi connectivity index (χ0v) is 10.5. The van der Waals surface area contributed by atoms with E-state index in [-0.39, 0.29) is 5.91 Å². The number of rotatable bonds is 8. The highest BCUT2D eigenvalue weighted by Gasteiger charge is 2.02. The molecule has 0 aliphatic heterocycles. The second-order valence-corrected chi connectivity index (χ2v) is 4.17. The van der Waals surface area contributed by atoms with E-state index < -0.39 is 0 Å². The fourth-order valence-corrected chi connectivity index (χ4v) is 1.08. The fraction of sp³-hybridized carbons (Fsp3) is 0.909. The zero-order valence-electron chi connectivity index (χ0n) is 10.5. The number of nitrogens with zero attached hydrogens (tertiary/aromatic N) is 1. The van der Waals surface area contributed by atoms with Gasteiger partial charge in [0.1, 0.15) is 0 Å². The van der Waals surface area contributed by atoms with Crippen LogP contribution in [-0.4, -0.2) is 50.6 Å². The summed E-state index contributed by atoms with van der Waals surface area (Å²) in [5.74, 6) is 0.132. The van der Waals surface area contributed by atoms with Crippen molar-refractivity contribution in [1.82, 2.24) is 15.5 Å². The molecular weight excluding hydrogens is 190 g/mol. The molecule has 90 valence electrons.